The Bertz CT molecular complexity index is 617. The lowest BCUT2D eigenvalue weighted by Crippen LogP contribution is -2.37. The quantitative estimate of drug-likeness (QED) is 0.911. The topological polar surface area (TPSA) is 65.0 Å². The van der Waals surface area contributed by atoms with Crippen molar-refractivity contribution < 1.29 is 9.50 Å². The predicted octanol–water partition coefficient (Wildman–Crippen LogP) is 2.51. The maximum atomic E-state index is 13.2. The van der Waals surface area contributed by atoms with Crippen LogP contribution < -0.4 is 0 Å². The Labute approximate surface area is 129 Å². The molecule has 2 N–H and O–H groups in total. The van der Waals surface area contributed by atoms with Gasteiger partial charge in [-0.2, -0.15) is 5.10 Å². The molecule has 1 aliphatic rings. The van der Waals surface area contributed by atoms with Crippen molar-refractivity contribution in [3.63, 3.8) is 0 Å². The van der Waals surface area contributed by atoms with Gasteiger partial charge in [0.15, 0.2) is 0 Å². The molecule has 6 heteroatoms. The van der Waals surface area contributed by atoms with Crippen LogP contribution in [0.1, 0.15) is 48.4 Å². The molecule has 118 valence electrons. The van der Waals surface area contributed by atoms with Crippen LogP contribution in [-0.4, -0.2) is 38.3 Å². The Morgan fingerprint density at radius 1 is 1.45 bits per heavy atom. The van der Waals surface area contributed by atoms with Crippen LogP contribution in [-0.2, 0) is 0 Å². The van der Waals surface area contributed by atoms with Crippen LogP contribution in [0.3, 0.4) is 0 Å². The van der Waals surface area contributed by atoms with E-state index in [1.165, 1.54) is 18.5 Å². The summed E-state index contributed by atoms with van der Waals surface area (Å²) in [5.41, 5.74) is 1.56. The third-order valence-corrected chi connectivity index (χ3v) is 4.36. The van der Waals surface area contributed by atoms with Gasteiger partial charge < -0.3 is 5.11 Å². The molecule has 1 fully saturated rings. The molecule has 3 rings (SSSR count). The van der Waals surface area contributed by atoms with Crippen molar-refractivity contribution in [2.75, 3.05) is 13.1 Å². The van der Waals surface area contributed by atoms with E-state index < -0.39 is 6.10 Å². The van der Waals surface area contributed by atoms with Crippen LogP contribution >= 0.6 is 0 Å². The van der Waals surface area contributed by atoms with Crippen molar-refractivity contribution in [2.45, 2.75) is 38.3 Å². The van der Waals surface area contributed by atoms with Gasteiger partial charge in [-0.05, 0) is 49.6 Å². The highest BCUT2D eigenvalue weighted by atomic mass is 19.1. The number of nitrogens with zero attached hydrogens (tertiary/aromatic N) is 3. The number of aliphatic hydroxyl groups excluding tert-OH is 1. The zero-order valence-corrected chi connectivity index (χ0v) is 12.7. The number of piperidine rings is 1. The Balaban J connectivity index is 1.75. The number of benzene rings is 1. The number of β-amino-alcohol motifs (C(OH)–C–C–N with tert-alkyl or cyclic N) is 1. The van der Waals surface area contributed by atoms with E-state index in [0.29, 0.717) is 6.54 Å². The summed E-state index contributed by atoms with van der Waals surface area (Å²) in [6, 6.07) is 4.69. The van der Waals surface area contributed by atoms with Gasteiger partial charge in [-0.3, -0.25) is 10.00 Å². The maximum Gasteiger partial charge on any atom is 0.141 e. The van der Waals surface area contributed by atoms with E-state index >= 15 is 0 Å². The molecule has 22 heavy (non-hydrogen) atoms. The minimum Gasteiger partial charge on any atom is -0.387 e. The Kier molecular flexibility index (Phi) is 4.49. The molecule has 2 atom stereocenters. The zero-order valence-electron chi connectivity index (χ0n) is 12.7. The van der Waals surface area contributed by atoms with Crippen molar-refractivity contribution in [3.05, 3.63) is 47.3 Å². The first-order valence-corrected chi connectivity index (χ1v) is 7.68. The van der Waals surface area contributed by atoms with E-state index in [0.717, 1.165) is 42.8 Å². The summed E-state index contributed by atoms with van der Waals surface area (Å²) in [5, 5.41) is 17.4. The van der Waals surface area contributed by atoms with Gasteiger partial charge in [0, 0.05) is 6.54 Å². The Morgan fingerprint density at radius 2 is 2.32 bits per heavy atom. The first-order chi connectivity index (χ1) is 10.6. The van der Waals surface area contributed by atoms with Crippen molar-refractivity contribution in [2.24, 2.45) is 0 Å². The molecule has 0 saturated carbocycles. The summed E-state index contributed by atoms with van der Waals surface area (Å²) in [7, 11) is 0. The van der Waals surface area contributed by atoms with Crippen LogP contribution in [0.4, 0.5) is 4.39 Å². The van der Waals surface area contributed by atoms with Gasteiger partial charge in [0.1, 0.15) is 18.0 Å². The van der Waals surface area contributed by atoms with Crippen molar-refractivity contribution in [1.82, 2.24) is 20.1 Å². The molecule has 0 amide bonds. The number of H-pyrrole nitrogens is 1. The molecule has 2 aromatic rings. The summed E-state index contributed by atoms with van der Waals surface area (Å²) in [4.78, 5) is 6.49. The number of rotatable bonds is 4. The average Bonchev–Trinajstić information content (AvgIpc) is 3.01. The van der Waals surface area contributed by atoms with Crippen LogP contribution in [0.25, 0.3) is 0 Å². The Hall–Kier alpha value is -1.79. The molecule has 0 bridgehead atoms. The molecule has 2 unspecified atom stereocenters. The van der Waals surface area contributed by atoms with Gasteiger partial charge in [0.2, 0.25) is 0 Å². The molecule has 5 nitrogen and oxygen atoms in total. The lowest BCUT2D eigenvalue weighted by atomic mass is 9.98. The molecule has 0 spiro atoms. The molecule has 1 aromatic carbocycles. The smallest absolute Gasteiger partial charge is 0.141 e. The summed E-state index contributed by atoms with van der Waals surface area (Å²) in [5.74, 6) is 0.577. The van der Waals surface area contributed by atoms with Gasteiger partial charge in [-0.25, -0.2) is 9.37 Å². The number of hydrogen-bond donors (Lipinski definition) is 2. The van der Waals surface area contributed by atoms with Gasteiger partial charge in [0.25, 0.3) is 0 Å². The highest BCUT2D eigenvalue weighted by molar-refractivity contribution is 5.28. The summed E-state index contributed by atoms with van der Waals surface area (Å²) in [6.45, 7) is 3.26. The van der Waals surface area contributed by atoms with Crippen LogP contribution in [0.5, 0.6) is 0 Å². The van der Waals surface area contributed by atoms with Gasteiger partial charge in [0.05, 0.1) is 12.1 Å². The van der Waals surface area contributed by atoms with Crippen LogP contribution in [0.2, 0.25) is 0 Å². The molecule has 0 aliphatic carbocycles. The largest absolute Gasteiger partial charge is 0.387 e. The van der Waals surface area contributed by atoms with E-state index in [1.807, 2.05) is 6.92 Å². The van der Waals surface area contributed by atoms with Gasteiger partial charge >= 0.3 is 0 Å². The third kappa shape index (κ3) is 3.18. The molecule has 0 radical (unpaired) electrons. The number of aromatic nitrogens is 3. The number of likely N-dealkylation sites (tertiary alicyclic amines) is 1. The zero-order chi connectivity index (χ0) is 15.5. The summed E-state index contributed by atoms with van der Waals surface area (Å²) in [6.07, 6.45) is 4.14. The van der Waals surface area contributed by atoms with E-state index in [1.54, 1.807) is 6.07 Å². The predicted molar refractivity (Wildman–Crippen MR) is 80.6 cm³/mol. The fraction of sp³-hybridized carbons (Fsp3) is 0.500. The highest BCUT2D eigenvalue weighted by Crippen LogP contribution is 2.31. The number of aromatic amines is 1. The molecule has 1 aromatic heterocycles. The molecular weight excluding hydrogens is 283 g/mol. The van der Waals surface area contributed by atoms with Crippen molar-refractivity contribution >= 4 is 0 Å². The SMILES string of the molecule is Cc1cc(F)ccc1C(O)CN1CCCCC1c1ncn[nH]1. The second-order valence-corrected chi connectivity index (χ2v) is 5.89. The highest BCUT2D eigenvalue weighted by Gasteiger charge is 2.28. The monoisotopic (exact) mass is 304 g/mol. The Morgan fingerprint density at radius 3 is 3.05 bits per heavy atom. The van der Waals surface area contributed by atoms with Gasteiger partial charge in [-0.1, -0.05) is 12.5 Å². The number of halogens is 1. The molecule has 1 aliphatic heterocycles. The minimum absolute atomic E-state index is 0.159. The number of aryl methyl sites for hydroxylation is 1. The second-order valence-electron chi connectivity index (χ2n) is 5.89. The number of aliphatic hydroxyl groups is 1. The molecule has 2 heterocycles. The molecule has 1 saturated heterocycles. The first kappa shape index (κ1) is 15.1. The lowest BCUT2D eigenvalue weighted by molar-refractivity contribution is 0.0634. The number of nitrogens with one attached hydrogen (secondary N) is 1. The van der Waals surface area contributed by atoms with Crippen molar-refractivity contribution in [1.29, 1.82) is 0 Å². The standard InChI is InChI=1S/C16H21FN4O/c1-11-8-12(17)5-6-13(11)15(22)9-21-7-3-2-4-14(21)16-18-10-19-20-16/h5-6,8,10,14-15,22H,2-4,7,9H2,1H3,(H,18,19,20). The van der Waals surface area contributed by atoms with E-state index in [-0.39, 0.29) is 11.9 Å². The van der Waals surface area contributed by atoms with Crippen LogP contribution in [0.15, 0.2) is 24.5 Å². The second kappa shape index (κ2) is 6.54. The third-order valence-electron chi connectivity index (χ3n) is 4.36. The first-order valence-electron chi connectivity index (χ1n) is 7.68. The van der Waals surface area contributed by atoms with Crippen LogP contribution in [0, 0.1) is 12.7 Å². The van der Waals surface area contributed by atoms with Gasteiger partial charge in [-0.15, -0.1) is 0 Å². The average molecular weight is 304 g/mol. The van der Waals surface area contributed by atoms with E-state index in [4.69, 9.17) is 0 Å². The molecular formula is C16H21FN4O. The van der Waals surface area contributed by atoms with Crippen molar-refractivity contribution in [3.8, 4) is 0 Å². The fourth-order valence-corrected chi connectivity index (χ4v) is 3.23. The lowest BCUT2D eigenvalue weighted by Gasteiger charge is -2.35. The number of hydrogen-bond acceptors (Lipinski definition) is 4. The maximum absolute atomic E-state index is 13.2. The fourth-order valence-electron chi connectivity index (χ4n) is 3.23. The summed E-state index contributed by atoms with van der Waals surface area (Å²) < 4.78 is 13.2. The van der Waals surface area contributed by atoms with E-state index in [2.05, 4.69) is 20.1 Å². The normalized spacial score (nSPS) is 21.0. The van der Waals surface area contributed by atoms with E-state index in [9.17, 15) is 9.50 Å². The minimum atomic E-state index is -0.635. The summed E-state index contributed by atoms with van der Waals surface area (Å²) >= 11 is 0.